The molecule has 0 saturated carbocycles. The second kappa shape index (κ2) is 14.8. The van der Waals surface area contributed by atoms with Gasteiger partial charge in [0.1, 0.15) is 17.7 Å². The van der Waals surface area contributed by atoms with E-state index in [-0.39, 0.29) is 11.9 Å². The molecule has 36 heavy (non-hydrogen) atoms. The Labute approximate surface area is 217 Å². The normalized spacial score (nSPS) is 13.9. The molecule has 3 unspecified atom stereocenters. The van der Waals surface area contributed by atoms with Crippen molar-refractivity contribution in [1.82, 2.24) is 15.5 Å². The van der Waals surface area contributed by atoms with Gasteiger partial charge in [-0.3, -0.25) is 9.59 Å². The number of rotatable bonds is 13. The summed E-state index contributed by atoms with van der Waals surface area (Å²) in [4.78, 5) is 41.4. The number of carbonyl (C=O) groups excluding carboxylic acids is 3. The van der Waals surface area contributed by atoms with Gasteiger partial charge in [-0.15, -0.1) is 0 Å². The van der Waals surface area contributed by atoms with Crippen molar-refractivity contribution in [1.29, 1.82) is 0 Å². The van der Waals surface area contributed by atoms with Crippen molar-refractivity contribution < 1.29 is 24.2 Å². The number of nitrogens with one attached hydrogen (secondary N) is 2. The average Bonchev–Trinajstić information content (AvgIpc) is 2.76. The third-order valence-corrected chi connectivity index (χ3v) is 5.85. The average molecular weight is 506 g/mol. The summed E-state index contributed by atoms with van der Waals surface area (Å²) in [6.45, 7) is 14.8. The summed E-state index contributed by atoms with van der Waals surface area (Å²) < 4.78 is 5.29. The molecule has 0 bridgehead atoms. The lowest BCUT2D eigenvalue weighted by Crippen LogP contribution is -2.55. The van der Waals surface area contributed by atoms with Crippen molar-refractivity contribution >= 4 is 17.9 Å². The van der Waals surface area contributed by atoms with Gasteiger partial charge >= 0.3 is 6.09 Å². The van der Waals surface area contributed by atoms with Crippen LogP contribution in [0, 0.1) is 13.8 Å². The van der Waals surface area contributed by atoms with E-state index in [1.807, 2.05) is 39.0 Å². The second-order valence-electron chi connectivity index (χ2n) is 10.6. The van der Waals surface area contributed by atoms with E-state index in [0.29, 0.717) is 13.0 Å². The monoisotopic (exact) mass is 505 g/mol. The Morgan fingerprint density at radius 3 is 2.25 bits per heavy atom. The largest absolute Gasteiger partial charge is 0.444 e. The summed E-state index contributed by atoms with van der Waals surface area (Å²) >= 11 is 0. The Hall–Kier alpha value is -2.61. The Morgan fingerprint density at radius 2 is 1.72 bits per heavy atom. The molecule has 0 spiro atoms. The number of hydrogen-bond donors (Lipinski definition) is 3. The third kappa shape index (κ3) is 10.2. The van der Waals surface area contributed by atoms with Gasteiger partial charge in [0.15, 0.2) is 0 Å². The van der Waals surface area contributed by atoms with Crippen LogP contribution in [0.5, 0.6) is 0 Å². The SMILES string of the molecule is CCCCCN(C(=O)C(CO)NC(=O)OC(C)(C)C)C(C(=O)NC(C)CCC)c1ccc(C)cc1C. The minimum atomic E-state index is -1.24. The highest BCUT2D eigenvalue weighted by atomic mass is 16.6. The number of amides is 3. The first kappa shape index (κ1) is 31.4. The second-order valence-corrected chi connectivity index (χ2v) is 10.6. The number of aryl methyl sites for hydroxylation is 2. The Kier molecular flexibility index (Phi) is 12.9. The van der Waals surface area contributed by atoms with Crippen molar-refractivity contribution in [2.45, 2.75) is 111 Å². The first-order chi connectivity index (χ1) is 16.8. The van der Waals surface area contributed by atoms with Crippen LogP contribution in [-0.4, -0.2) is 58.8 Å². The Balaban J connectivity index is 3.46. The van der Waals surface area contributed by atoms with Crippen molar-refractivity contribution in [2.24, 2.45) is 0 Å². The minimum Gasteiger partial charge on any atom is -0.444 e. The maximum atomic E-state index is 13.8. The van der Waals surface area contributed by atoms with Gasteiger partial charge in [0.25, 0.3) is 0 Å². The van der Waals surface area contributed by atoms with Crippen LogP contribution in [0.2, 0.25) is 0 Å². The molecule has 0 aliphatic rings. The molecule has 0 aliphatic heterocycles. The molecule has 0 aliphatic carbocycles. The number of aliphatic hydroxyl groups excluding tert-OH is 1. The maximum Gasteiger partial charge on any atom is 0.408 e. The van der Waals surface area contributed by atoms with Crippen LogP contribution >= 0.6 is 0 Å². The van der Waals surface area contributed by atoms with Crippen LogP contribution in [-0.2, 0) is 14.3 Å². The fraction of sp³-hybridized carbons (Fsp3) is 0.679. The molecule has 0 saturated heterocycles. The van der Waals surface area contributed by atoms with E-state index in [0.717, 1.165) is 42.4 Å². The van der Waals surface area contributed by atoms with Crippen LogP contribution < -0.4 is 10.6 Å². The van der Waals surface area contributed by atoms with Gasteiger partial charge in [0.05, 0.1) is 6.61 Å². The van der Waals surface area contributed by atoms with Crippen LogP contribution in [0.4, 0.5) is 4.79 Å². The van der Waals surface area contributed by atoms with Crippen LogP contribution in [0.3, 0.4) is 0 Å². The van der Waals surface area contributed by atoms with Crippen LogP contribution in [0.1, 0.15) is 96.4 Å². The number of alkyl carbamates (subject to hydrolysis) is 1. The number of hydrogen-bond acceptors (Lipinski definition) is 5. The zero-order chi connectivity index (χ0) is 27.5. The van der Waals surface area contributed by atoms with Gasteiger partial charge in [-0.2, -0.15) is 0 Å². The maximum absolute atomic E-state index is 13.8. The summed E-state index contributed by atoms with van der Waals surface area (Å²) in [5.41, 5.74) is 1.91. The molecule has 0 fully saturated rings. The van der Waals surface area contributed by atoms with E-state index < -0.39 is 36.3 Å². The van der Waals surface area contributed by atoms with Gasteiger partial charge in [-0.25, -0.2) is 4.79 Å². The highest BCUT2D eigenvalue weighted by Crippen LogP contribution is 2.27. The number of nitrogens with zero attached hydrogens (tertiary/aromatic N) is 1. The molecule has 204 valence electrons. The summed E-state index contributed by atoms with van der Waals surface area (Å²) in [6.07, 6.45) is 3.44. The molecule has 8 nitrogen and oxygen atoms in total. The molecular formula is C28H47N3O5. The van der Waals surface area contributed by atoms with E-state index in [1.54, 1.807) is 20.8 Å². The number of benzene rings is 1. The molecule has 0 aromatic heterocycles. The summed E-state index contributed by atoms with van der Waals surface area (Å²) in [5.74, 6) is -0.801. The number of carbonyl (C=O) groups is 3. The Morgan fingerprint density at radius 1 is 1.06 bits per heavy atom. The minimum absolute atomic E-state index is 0.0584. The molecule has 0 radical (unpaired) electrons. The summed E-state index contributed by atoms with van der Waals surface area (Å²) in [6, 6.07) is 3.60. The first-order valence-electron chi connectivity index (χ1n) is 13.1. The third-order valence-electron chi connectivity index (χ3n) is 5.85. The molecule has 0 heterocycles. The van der Waals surface area contributed by atoms with E-state index >= 15 is 0 Å². The lowest BCUT2D eigenvalue weighted by atomic mass is 9.96. The molecule has 3 amide bonds. The lowest BCUT2D eigenvalue weighted by Gasteiger charge is -2.35. The Bertz CT molecular complexity index is 865. The van der Waals surface area contributed by atoms with Gasteiger partial charge in [-0.1, -0.05) is 56.9 Å². The van der Waals surface area contributed by atoms with Crippen molar-refractivity contribution in [2.75, 3.05) is 13.2 Å². The highest BCUT2D eigenvalue weighted by Gasteiger charge is 2.36. The van der Waals surface area contributed by atoms with Gasteiger partial charge < -0.3 is 25.4 Å². The van der Waals surface area contributed by atoms with Crippen molar-refractivity contribution in [3.63, 3.8) is 0 Å². The van der Waals surface area contributed by atoms with Crippen LogP contribution in [0.15, 0.2) is 18.2 Å². The van der Waals surface area contributed by atoms with Gasteiger partial charge in [-0.05, 0) is 65.5 Å². The predicted molar refractivity (Wildman–Crippen MR) is 143 cm³/mol. The fourth-order valence-corrected chi connectivity index (χ4v) is 4.14. The summed E-state index contributed by atoms with van der Waals surface area (Å²) in [5, 5.41) is 15.6. The quantitative estimate of drug-likeness (QED) is 0.341. The zero-order valence-corrected chi connectivity index (χ0v) is 23.4. The zero-order valence-electron chi connectivity index (χ0n) is 23.4. The lowest BCUT2D eigenvalue weighted by molar-refractivity contribution is -0.143. The van der Waals surface area contributed by atoms with E-state index in [2.05, 4.69) is 24.5 Å². The predicted octanol–water partition coefficient (Wildman–Crippen LogP) is 4.55. The van der Waals surface area contributed by atoms with E-state index in [9.17, 15) is 19.5 Å². The standard InChI is InChI=1S/C28H47N3O5/c1-9-11-12-16-31(26(34)23(18-32)30-27(35)36-28(6,7)8)24(25(33)29-21(5)13-10-2)22-15-14-19(3)17-20(22)4/h14-15,17,21,23-24,32H,9-13,16,18H2,1-8H3,(H,29,33)(H,30,35). The van der Waals surface area contributed by atoms with E-state index in [1.165, 1.54) is 4.90 Å². The van der Waals surface area contributed by atoms with Crippen LogP contribution in [0.25, 0.3) is 0 Å². The fourth-order valence-electron chi connectivity index (χ4n) is 4.14. The molecule has 3 atom stereocenters. The smallest absolute Gasteiger partial charge is 0.408 e. The van der Waals surface area contributed by atoms with Crippen molar-refractivity contribution in [3.05, 3.63) is 34.9 Å². The molecule has 1 aromatic carbocycles. The molecule has 8 heteroatoms. The number of ether oxygens (including phenoxy) is 1. The van der Waals surface area contributed by atoms with Crippen molar-refractivity contribution in [3.8, 4) is 0 Å². The van der Waals surface area contributed by atoms with Gasteiger partial charge in [0, 0.05) is 12.6 Å². The first-order valence-corrected chi connectivity index (χ1v) is 13.1. The van der Waals surface area contributed by atoms with Gasteiger partial charge in [0.2, 0.25) is 11.8 Å². The molecular weight excluding hydrogens is 458 g/mol. The summed E-state index contributed by atoms with van der Waals surface area (Å²) in [7, 11) is 0. The molecule has 1 rings (SSSR count). The van der Waals surface area contributed by atoms with E-state index in [4.69, 9.17) is 4.74 Å². The topological polar surface area (TPSA) is 108 Å². The number of unbranched alkanes of at least 4 members (excludes halogenated alkanes) is 2. The molecule has 3 N–H and O–H groups in total. The molecule has 1 aromatic rings. The highest BCUT2D eigenvalue weighted by molar-refractivity contribution is 5.92. The number of aliphatic hydroxyl groups is 1.